The van der Waals surface area contributed by atoms with Crippen LogP contribution in [0.3, 0.4) is 0 Å². The van der Waals surface area contributed by atoms with E-state index < -0.39 is 16.6 Å². The van der Waals surface area contributed by atoms with E-state index in [-0.39, 0.29) is 28.0 Å². The van der Waals surface area contributed by atoms with Crippen molar-refractivity contribution in [3.05, 3.63) is 41.6 Å². The van der Waals surface area contributed by atoms with Crippen molar-refractivity contribution in [1.29, 1.82) is 0 Å². The van der Waals surface area contributed by atoms with Crippen LogP contribution in [0, 0.1) is 11.8 Å². The highest BCUT2D eigenvalue weighted by atomic mass is 32.2. The standard InChI is InChI=1S/C31H39F2N7O4S/c1-18(2)12-24-28(35-26-14-21(15-27(44-3)39(24)26)30(41)37-11-5-6-22(34)17-37)23-13-20-9-10-25(40(31(32)33)45(4,42)43)36-29(20)38(23)16-19-7-8-19/h9-10,13-15,18-19,22,31H,5-8,11-12,16-17,34H2,1-4H3/t22-/m1/s1. The van der Waals surface area contributed by atoms with Gasteiger partial charge in [0.05, 0.1) is 24.8 Å². The molecule has 14 heteroatoms. The molecule has 0 bridgehead atoms. The Labute approximate surface area is 261 Å². The third kappa shape index (κ3) is 6.09. The number of hydrogen-bond acceptors (Lipinski definition) is 7. The Hall–Kier alpha value is -3.78. The molecule has 1 saturated heterocycles. The Morgan fingerprint density at radius 1 is 1.16 bits per heavy atom. The van der Waals surface area contributed by atoms with E-state index in [1.807, 2.05) is 15.0 Å². The van der Waals surface area contributed by atoms with Gasteiger partial charge in [0.15, 0.2) is 5.88 Å². The summed E-state index contributed by atoms with van der Waals surface area (Å²) in [5.41, 5.74) is 9.84. The largest absolute Gasteiger partial charge is 0.482 e. The zero-order valence-electron chi connectivity index (χ0n) is 25.9. The quantitative estimate of drug-likeness (QED) is 0.252. The summed E-state index contributed by atoms with van der Waals surface area (Å²) in [7, 11) is -2.72. The lowest BCUT2D eigenvalue weighted by Gasteiger charge is -2.30. The van der Waals surface area contributed by atoms with Crippen LogP contribution in [0.2, 0.25) is 0 Å². The van der Waals surface area contributed by atoms with E-state index in [0.717, 1.165) is 43.3 Å². The number of pyridine rings is 2. The predicted octanol–water partition coefficient (Wildman–Crippen LogP) is 4.52. The minimum absolute atomic E-state index is 0.0360. The molecule has 1 amide bonds. The van der Waals surface area contributed by atoms with E-state index in [4.69, 9.17) is 15.5 Å². The first kappa shape index (κ1) is 31.2. The summed E-state index contributed by atoms with van der Waals surface area (Å²) in [6.45, 7) is 2.63. The fourth-order valence-electron chi connectivity index (χ4n) is 6.22. The van der Waals surface area contributed by atoms with Crippen molar-refractivity contribution in [2.75, 3.05) is 30.8 Å². The summed E-state index contributed by atoms with van der Waals surface area (Å²) in [5, 5.41) is 0.675. The number of likely N-dealkylation sites (tertiary alicyclic amines) is 1. The Morgan fingerprint density at radius 2 is 1.91 bits per heavy atom. The Balaban J connectivity index is 1.54. The van der Waals surface area contributed by atoms with E-state index in [9.17, 15) is 22.0 Å². The smallest absolute Gasteiger partial charge is 0.329 e. The maximum Gasteiger partial charge on any atom is 0.329 e. The molecule has 6 rings (SSSR count). The highest BCUT2D eigenvalue weighted by Gasteiger charge is 2.31. The van der Waals surface area contributed by atoms with Gasteiger partial charge in [0.2, 0.25) is 10.0 Å². The first-order valence-corrected chi connectivity index (χ1v) is 17.1. The molecule has 45 heavy (non-hydrogen) atoms. The zero-order chi connectivity index (χ0) is 32.2. The topological polar surface area (TPSA) is 128 Å². The van der Waals surface area contributed by atoms with Crippen LogP contribution < -0.4 is 14.8 Å². The summed E-state index contributed by atoms with van der Waals surface area (Å²) < 4.78 is 62.1. The lowest BCUT2D eigenvalue weighted by molar-refractivity contribution is 0.0708. The zero-order valence-corrected chi connectivity index (χ0v) is 26.7. The van der Waals surface area contributed by atoms with Gasteiger partial charge in [-0.15, -0.1) is 0 Å². The highest BCUT2D eigenvalue weighted by Crippen LogP contribution is 2.39. The van der Waals surface area contributed by atoms with Crippen LogP contribution in [-0.4, -0.2) is 77.2 Å². The fraction of sp³-hybridized carbons (Fsp3) is 0.516. The van der Waals surface area contributed by atoms with Gasteiger partial charge in [-0.2, -0.15) is 13.1 Å². The second-order valence-corrected chi connectivity index (χ2v) is 14.5. The number of imidazole rings is 1. The maximum absolute atomic E-state index is 13.9. The number of piperidine rings is 1. The number of amides is 1. The molecule has 242 valence electrons. The first-order chi connectivity index (χ1) is 21.3. The van der Waals surface area contributed by atoms with E-state index in [1.54, 1.807) is 30.2 Å². The molecule has 1 aliphatic heterocycles. The van der Waals surface area contributed by atoms with Crippen molar-refractivity contribution in [2.45, 2.75) is 65.1 Å². The van der Waals surface area contributed by atoms with Gasteiger partial charge in [0.1, 0.15) is 22.8 Å². The summed E-state index contributed by atoms with van der Waals surface area (Å²) in [6, 6.07) is 8.28. The van der Waals surface area contributed by atoms with E-state index in [1.165, 1.54) is 6.07 Å². The molecule has 2 fully saturated rings. The van der Waals surface area contributed by atoms with Gasteiger partial charge in [0.25, 0.3) is 5.91 Å². The molecule has 1 aliphatic carbocycles. The second-order valence-electron chi connectivity index (χ2n) is 12.6. The third-order valence-corrected chi connectivity index (χ3v) is 9.52. The number of alkyl halides is 2. The summed E-state index contributed by atoms with van der Waals surface area (Å²) >= 11 is 0. The molecule has 4 aromatic heterocycles. The minimum atomic E-state index is -4.28. The summed E-state index contributed by atoms with van der Waals surface area (Å²) in [6.07, 6.45) is 5.15. The Morgan fingerprint density at radius 3 is 2.53 bits per heavy atom. The molecule has 1 atom stereocenters. The van der Waals surface area contributed by atoms with E-state index >= 15 is 0 Å². The van der Waals surface area contributed by atoms with Crippen LogP contribution in [0.4, 0.5) is 14.6 Å². The van der Waals surface area contributed by atoms with Crippen molar-refractivity contribution < 1.29 is 26.7 Å². The Kier molecular flexibility index (Phi) is 8.23. The lowest BCUT2D eigenvalue weighted by atomic mass is 10.0. The number of methoxy groups -OCH3 is 1. The molecular formula is C31H39F2N7O4S. The number of carbonyl (C=O) groups is 1. The molecule has 0 spiro atoms. The van der Waals surface area contributed by atoms with Gasteiger partial charge in [0, 0.05) is 42.7 Å². The van der Waals surface area contributed by atoms with Crippen LogP contribution >= 0.6 is 0 Å². The maximum atomic E-state index is 13.9. The van der Waals surface area contributed by atoms with Crippen LogP contribution in [0.5, 0.6) is 5.88 Å². The molecular weight excluding hydrogens is 604 g/mol. The average Bonchev–Trinajstić information content (AvgIpc) is 3.63. The fourth-order valence-corrected chi connectivity index (χ4v) is 6.95. The van der Waals surface area contributed by atoms with Crippen LogP contribution in [0.15, 0.2) is 30.3 Å². The second kappa shape index (κ2) is 11.9. The number of fused-ring (bicyclic) bond motifs is 2. The van der Waals surface area contributed by atoms with Crippen molar-refractivity contribution >= 4 is 38.4 Å². The Bertz CT molecular complexity index is 1870. The molecule has 2 aliphatic rings. The number of nitrogens with zero attached hydrogens (tertiary/aromatic N) is 6. The molecule has 1 saturated carbocycles. The molecule has 4 aromatic rings. The van der Waals surface area contributed by atoms with Crippen molar-refractivity contribution in [3.63, 3.8) is 0 Å². The summed E-state index contributed by atoms with van der Waals surface area (Å²) in [5.74, 6) is 0.616. The first-order valence-electron chi connectivity index (χ1n) is 15.3. The summed E-state index contributed by atoms with van der Waals surface area (Å²) in [4.78, 5) is 24.9. The van der Waals surface area contributed by atoms with Crippen molar-refractivity contribution in [1.82, 2.24) is 23.8 Å². The number of rotatable bonds is 10. The molecule has 0 aromatic carbocycles. The molecule has 11 nitrogen and oxygen atoms in total. The number of ether oxygens (including phenoxy) is 1. The SMILES string of the molecule is COc1cc(C(=O)N2CCC[C@@H](N)C2)cc2nc(-c3cc4ccc(N(C(F)F)S(C)(=O)=O)nc4n3CC3CC3)c(CC(C)C)n12. The van der Waals surface area contributed by atoms with Gasteiger partial charge in [-0.1, -0.05) is 13.8 Å². The minimum Gasteiger partial charge on any atom is -0.482 e. The molecule has 2 N–H and O–H groups in total. The lowest BCUT2D eigenvalue weighted by Crippen LogP contribution is -2.45. The number of sulfonamides is 1. The highest BCUT2D eigenvalue weighted by molar-refractivity contribution is 7.92. The van der Waals surface area contributed by atoms with Crippen molar-refractivity contribution in [3.8, 4) is 17.3 Å². The van der Waals surface area contributed by atoms with Gasteiger partial charge in [-0.3, -0.25) is 9.20 Å². The number of hydrogen-bond donors (Lipinski definition) is 1. The monoisotopic (exact) mass is 643 g/mol. The number of anilines is 1. The van der Waals surface area contributed by atoms with Gasteiger partial charge < -0.3 is 19.9 Å². The molecule has 5 heterocycles. The van der Waals surface area contributed by atoms with E-state index in [2.05, 4.69) is 18.8 Å². The van der Waals surface area contributed by atoms with Crippen LogP contribution in [-0.2, 0) is 23.0 Å². The van der Waals surface area contributed by atoms with Crippen molar-refractivity contribution in [2.24, 2.45) is 17.6 Å². The predicted molar refractivity (Wildman–Crippen MR) is 168 cm³/mol. The average molecular weight is 644 g/mol. The number of halogens is 2. The normalized spacial score (nSPS) is 17.6. The molecule has 0 unspecified atom stereocenters. The third-order valence-electron chi connectivity index (χ3n) is 8.46. The number of carbonyl (C=O) groups excluding carboxylic acids is 1. The molecule has 0 radical (unpaired) electrons. The van der Waals surface area contributed by atoms with Crippen LogP contribution in [0.1, 0.15) is 55.6 Å². The van der Waals surface area contributed by atoms with Gasteiger partial charge in [-0.05, 0) is 68.2 Å². The van der Waals surface area contributed by atoms with E-state index in [0.29, 0.717) is 65.8 Å². The number of aromatic nitrogens is 4. The number of nitrogens with two attached hydrogens (primary N) is 1. The van der Waals surface area contributed by atoms with Gasteiger partial charge >= 0.3 is 6.55 Å². The van der Waals surface area contributed by atoms with Gasteiger partial charge in [-0.25, -0.2) is 18.4 Å². The van der Waals surface area contributed by atoms with Crippen LogP contribution in [0.25, 0.3) is 28.1 Å².